The van der Waals surface area contributed by atoms with Crippen molar-refractivity contribution in [3.8, 4) is 11.5 Å². The minimum Gasteiger partial charge on any atom is -0.506 e. The molecule has 0 aromatic heterocycles. The van der Waals surface area contributed by atoms with Crippen LogP contribution in [0.5, 0.6) is 11.5 Å². The van der Waals surface area contributed by atoms with Crippen LogP contribution < -0.4 is 13.8 Å². The third-order valence-corrected chi connectivity index (χ3v) is 5.07. The molecule has 2 aliphatic rings. The number of anilines is 1. The van der Waals surface area contributed by atoms with Crippen LogP contribution in [0.25, 0.3) is 0 Å². The molecule has 120 valence electrons. The molecule has 0 spiro atoms. The summed E-state index contributed by atoms with van der Waals surface area (Å²) in [5.74, 6) is -2.40. The van der Waals surface area contributed by atoms with E-state index in [-0.39, 0.29) is 5.75 Å². The standard InChI is InChI=1S/C13H15FN2O5S/c1-13(2)4-3-7-5-8(17)11(10(14)12(7)21-13)16-6-9(18)15-22(16,19)20/h5,17H,3-4,6H2,1-2H3,(H,15,18). The molecule has 1 saturated heterocycles. The minimum atomic E-state index is -4.21. The fourth-order valence-corrected chi connectivity index (χ4v) is 3.77. The van der Waals surface area contributed by atoms with Gasteiger partial charge in [0.2, 0.25) is 0 Å². The van der Waals surface area contributed by atoms with Crippen molar-refractivity contribution in [1.82, 2.24) is 4.72 Å². The summed E-state index contributed by atoms with van der Waals surface area (Å²) < 4.78 is 46.3. The molecule has 0 unspecified atom stereocenters. The second-order valence-electron chi connectivity index (χ2n) is 5.95. The number of aromatic hydroxyl groups is 1. The Bertz CT molecular complexity index is 775. The quantitative estimate of drug-likeness (QED) is 0.795. The maximum atomic E-state index is 14.8. The predicted molar refractivity (Wildman–Crippen MR) is 75.5 cm³/mol. The van der Waals surface area contributed by atoms with Crippen LogP contribution in [0.2, 0.25) is 0 Å². The molecule has 0 aliphatic carbocycles. The molecule has 0 atom stereocenters. The summed E-state index contributed by atoms with van der Waals surface area (Å²) >= 11 is 0. The Kier molecular flexibility index (Phi) is 3.03. The van der Waals surface area contributed by atoms with Crippen LogP contribution in [0.3, 0.4) is 0 Å². The van der Waals surface area contributed by atoms with Gasteiger partial charge in [0.15, 0.2) is 11.6 Å². The molecule has 1 aromatic carbocycles. The number of phenols is 1. The number of hydrogen-bond acceptors (Lipinski definition) is 5. The highest BCUT2D eigenvalue weighted by Gasteiger charge is 2.40. The van der Waals surface area contributed by atoms with Gasteiger partial charge >= 0.3 is 10.2 Å². The average Bonchev–Trinajstić information content (AvgIpc) is 2.64. The predicted octanol–water partition coefficient (Wildman–Crippen LogP) is 0.816. The van der Waals surface area contributed by atoms with Crippen molar-refractivity contribution < 1.29 is 27.4 Å². The number of hydrogen-bond donors (Lipinski definition) is 2. The minimum absolute atomic E-state index is 0.0846. The highest BCUT2D eigenvalue weighted by molar-refractivity contribution is 7.92. The van der Waals surface area contributed by atoms with Gasteiger partial charge in [0.25, 0.3) is 5.91 Å². The number of carbonyl (C=O) groups excluding carboxylic acids is 1. The summed E-state index contributed by atoms with van der Waals surface area (Å²) in [7, 11) is -4.21. The van der Waals surface area contributed by atoms with Gasteiger partial charge in [-0.3, -0.25) is 4.79 Å². The number of halogens is 1. The molecule has 2 heterocycles. The van der Waals surface area contributed by atoms with Crippen molar-refractivity contribution in [3.63, 3.8) is 0 Å². The second-order valence-corrected chi connectivity index (χ2v) is 7.54. The average molecular weight is 330 g/mol. The number of amides is 1. The number of fused-ring (bicyclic) bond motifs is 1. The van der Waals surface area contributed by atoms with Crippen LogP contribution in [-0.2, 0) is 21.4 Å². The Balaban J connectivity index is 2.16. The Labute approximate surface area is 126 Å². The van der Waals surface area contributed by atoms with Crippen LogP contribution in [0, 0.1) is 5.82 Å². The Morgan fingerprint density at radius 2 is 2.14 bits per heavy atom. The van der Waals surface area contributed by atoms with Crippen LogP contribution in [0.15, 0.2) is 6.07 Å². The largest absolute Gasteiger partial charge is 0.506 e. The Morgan fingerprint density at radius 3 is 2.73 bits per heavy atom. The smallest absolute Gasteiger partial charge is 0.326 e. The summed E-state index contributed by atoms with van der Waals surface area (Å²) in [4.78, 5) is 11.3. The summed E-state index contributed by atoms with van der Waals surface area (Å²) in [6.45, 7) is 2.99. The molecule has 1 fully saturated rings. The maximum Gasteiger partial charge on any atom is 0.326 e. The molecule has 22 heavy (non-hydrogen) atoms. The second kappa shape index (κ2) is 4.48. The van der Waals surface area contributed by atoms with Gasteiger partial charge in [0.1, 0.15) is 23.6 Å². The normalized spacial score (nSPS) is 22.0. The zero-order chi connectivity index (χ0) is 16.3. The van der Waals surface area contributed by atoms with E-state index in [1.165, 1.54) is 6.07 Å². The van der Waals surface area contributed by atoms with Crippen LogP contribution in [0.4, 0.5) is 10.1 Å². The summed E-state index contributed by atoms with van der Waals surface area (Å²) in [6, 6.07) is 1.28. The van der Waals surface area contributed by atoms with Crippen molar-refractivity contribution in [2.75, 3.05) is 10.8 Å². The molecule has 0 radical (unpaired) electrons. The van der Waals surface area contributed by atoms with Crippen molar-refractivity contribution in [3.05, 3.63) is 17.4 Å². The first-order chi connectivity index (χ1) is 10.1. The van der Waals surface area contributed by atoms with E-state index < -0.39 is 45.5 Å². The number of nitrogens with one attached hydrogen (secondary N) is 1. The van der Waals surface area contributed by atoms with Crippen molar-refractivity contribution >= 4 is 21.8 Å². The Morgan fingerprint density at radius 1 is 1.45 bits per heavy atom. The Hall–Kier alpha value is -2.03. The van der Waals surface area contributed by atoms with E-state index in [1.54, 1.807) is 18.6 Å². The summed E-state index contributed by atoms with van der Waals surface area (Å²) in [6.07, 6.45) is 1.14. The fourth-order valence-electron chi connectivity index (χ4n) is 2.60. The van der Waals surface area contributed by atoms with E-state index in [0.717, 1.165) is 0 Å². The lowest BCUT2D eigenvalue weighted by atomic mass is 9.93. The van der Waals surface area contributed by atoms with Gasteiger partial charge in [-0.25, -0.2) is 13.4 Å². The SMILES string of the molecule is CC1(C)CCc2cc(O)c(N3CC(=O)NS3(=O)=O)c(F)c2O1. The van der Waals surface area contributed by atoms with Crippen LogP contribution in [-0.4, -0.2) is 31.6 Å². The molecule has 2 aliphatic heterocycles. The van der Waals surface area contributed by atoms with E-state index in [0.29, 0.717) is 22.7 Å². The van der Waals surface area contributed by atoms with Crippen LogP contribution >= 0.6 is 0 Å². The third kappa shape index (κ3) is 2.25. The zero-order valence-electron chi connectivity index (χ0n) is 12.0. The van der Waals surface area contributed by atoms with Gasteiger partial charge in [-0.15, -0.1) is 0 Å². The first kappa shape index (κ1) is 14.9. The van der Waals surface area contributed by atoms with Gasteiger partial charge in [-0.2, -0.15) is 8.42 Å². The highest BCUT2D eigenvalue weighted by atomic mass is 32.2. The highest BCUT2D eigenvalue weighted by Crippen LogP contribution is 2.44. The molecule has 1 aromatic rings. The topological polar surface area (TPSA) is 95.9 Å². The number of carbonyl (C=O) groups is 1. The number of aryl methyl sites for hydroxylation is 1. The van der Waals surface area contributed by atoms with Gasteiger partial charge in [0.05, 0.1) is 0 Å². The zero-order valence-corrected chi connectivity index (χ0v) is 12.8. The summed E-state index contributed by atoms with van der Waals surface area (Å²) in [5, 5.41) is 10.0. The van der Waals surface area contributed by atoms with Gasteiger partial charge in [0, 0.05) is 5.56 Å². The van der Waals surface area contributed by atoms with Gasteiger partial charge in [-0.1, -0.05) is 0 Å². The summed E-state index contributed by atoms with van der Waals surface area (Å²) in [5.41, 5.74) is -0.705. The van der Waals surface area contributed by atoms with E-state index >= 15 is 0 Å². The molecule has 9 heteroatoms. The molecular weight excluding hydrogens is 315 g/mol. The van der Waals surface area contributed by atoms with Crippen molar-refractivity contribution in [2.24, 2.45) is 0 Å². The monoisotopic (exact) mass is 330 g/mol. The van der Waals surface area contributed by atoms with Gasteiger partial charge < -0.3 is 9.84 Å². The number of ether oxygens (including phenoxy) is 1. The van der Waals surface area contributed by atoms with Crippen LogP contribution in [0.1, 0.15) is 25.8 Å². The molecule has 2 N–H and O–H groups in total. The lowest BCUT2D eigenvalue weighted by Crippen LogP contribution is -2.34. The molecule has 7 nitrogen and oxygen atoms in total. The molecule has 3 rings (SSSR count). The van der Waals surface area contributed by atoms with Gasteiger partial charge in [-0.05, 0) is 32.8 Å². The number of nitrogens with zero attached hydrogens (tertiary/aromatic N) is 1. The third-order valence-electron chi connectivity index (χ3n) is 3.70. The maximum absolute atomic E-state index is 14.8. The molecule has 1 amide bonds. The lowest BCUT2D eigenvalue weighted by Gasteiger charge is -2.33. The first-order valence-corrected chi connectivity index (χ1v) is 8.11. The number of phenolic OH excluding ortho intramolecular Hbond substituents is 1. The fraction of sp³-hybridized carbons (Fsp3) is 0.462. The molecule has 0 saturated carbocycles. The molecular formula is C13H15FN2O5S. The molecule has 0 bridgehead atoms. The van der Waals surface area contributed by atoms with Crippen molar-refractivity contribution in [1.29, 1.82) is 0 Å². The van der Waals surface area contributed by atoms with E-state index in [9.17, 15) is 22.7 Å². The first-order valence-electron chi connectivity index (χ1n) is 6.67. The van der Waals surface area contributed by atoms with E-state index in [1.807, 2.05) is 0 Å². The number of rotatable bonds is 1. The number of benzene rings is 1. The van der Waals surface area contributed by atoms with E-state index in [2.05, 4.69) is 0 Å². The van der Waals surface area contributed by atoms with Crippen molar-refractivity contribution in [2.45, 2.75) is 32.3 Å². The van der Waals surface area contributed by atoms with E-state index in [4.69, 9.17) is 4.74 Å². The lowest BCUT2D eigenvalue weighted by molar-refractivity contribution is -0.117.